The van der Waals surface area contributed by atoms with Crippen LogP contribution in [0.2, 0.25) is 0 Å². The predicted molar refractivity (Wildman–Crippen MR) is 69.6 cm³/mol. The maximum Gasteiger partial charge on any atom is 0.307 e. The van der Waals surface area contributed by atoms with Gasteiger partial charge in [-0.05, 0) is 31.6 Å². The summed E-state index contributed by atoms with van der Waals surface area (Å²) in [4.78, 5) is 25.6. The van der Waals surface area contributed by atoms with Gasteiger partial charge in [-0.25, -0.2) is 0 Å². The largest absolute Gasteiger partial charge is 0.481 e. The number of likely N-dealkylation sites (tertiary alicyclic amines) is 1. The zero-order chi connectivity index (χ0) is 14.0. The molecule has 5 nitrogen and oxygen atoms in total. The third-order valence-electron chi connectivity index (χ3n) is 4.52. The van der Waals surface area contributed by atoms with Gasteiger partial charge in [0.2, 0.25) is 5.91 Å². The first-order chi connectivity index (χ1) is 9.02. The first-order valence-corrected chi connectivity index (χ1v) is 7.07. The van der Waals surface area contributed by atoms with Crippen molar-refractivity contribution in [2.75, 3.05) is 20.2 Å². The topological polar surface area (TPSA) is 66.8 Å². The van der Waals surface area contributed by atoms with Crippen LogP contribution >= 0.6 is 0 Å². The molecule has 0 aromatic carbocycles. The average Bonchev–Trinajstić information content (AvgIpc) is 2.80. The number of hydrogen-bond acceptors (Lipinski definition) is 3. The smallest absolute Gasteiger partial charge is 0.307 e. The van der Waals surface area contributed by atoms with Crippen LogP contribution in [0.1, 0.15) is 32.6 Å². The first-order valence-electron chi connectivity index (χ1n) is 7.07. The highest BCUT2D eigenvalue weighted by atomic mass is 16.5. The third kappa shape index (κ3) is 3.08. The van der Waals surface area contributed by atoms with Crippen molar-refractivity contribution < 1.29 is 19.4 Å². The van der Waals surface area contributed by atoms with Crippen LogP contribution in [0, 0.1) is 17.8 Å². The normalized spacial score (nSPS) is 32.5. The third-order valence-corrected chi connectivity index (χ3v) is 4.52. The molecule has 1 saturated heterocycles. The summed E-state index contributed by atoms with van der Waals surface area (Å²) < 4.78 is 5.29. The van der Waals surface area contributed by atoms with E-state index < -0.39 is 11.9 Å². The number of piperidine rings is 1. The Hall–Kier alpha value is -1.10. The van der Waals surface area contributed by atoms with Crippen molar-refractivity contribution in [3.63, 3.8) is 0 Å². The van der Waals surface area contributed by atoms with Crippen LogP contribution in [0.4, 0.5) is 0 Å². The molecule has 0 spiro atoms. The van der Waals surface area contributed by atoms with E-state index in [0.717, 1.165) is 12.8 Å². The lowest BCUT2D eigenvalue weighted by molar-refractivity contribution is -0.150. The molecule has 3 atom stereocenters. The van der Waals surface area contributed by atoms with Gasteiger partial charge in [0.05, 0.1) is 17.9 Å². The van der Waals surface area contributed by atoms with Crippen molar-refractivity contribution in [2.24, 2.45) is 17.8 Å². The number of hydrogen-bond donors (Lipinski definition) is 1. The summed E-state index contributed by atoms with van der Waals surface area (Å²) >= 11 is 0. The molecular weight excluding hydrogens is 246 g/mol. The number of aliphatic carboxylic acids is 1. The maximum absolute atomic E-state index is 12.5. The number of methoxy groups -OCH3 is 1. The van der Waals surface area contributed by atoms with Crippen LogP contribution in [-0.4, -0.2) is 48.2 Å². The molecule has 2 aliphatic rings. The van der Waals surface area contributed by atoms with E-state index >= 15 is 0 Å². The Balaban J connectivity index is 1.97. The molecule has 5 heteroatoms. The minimum atomic E-state index is -0.825. The van der Waals surface area contributed by atoms with Gasteiger partial charge in [0, 0.05) is 20.2 Å². The number of rotatable bonds is 3. The summed E-state index contributed by atoms with van der Waals surface area (Å²) in [6.07, 6.45) is 3.27. The highest BCUT2D eigenvalue weighted by molar-refractivity contribution is 5.85. The second kappa shape index (κ2) is 5.90. The highest BCUT2D eigenvalue weighted by Gasteiger charge is 2.43. The van der Waals surface area contributed by atoms with E-state index in [0.29, 0.717) is 31.8 Å². The minimum Gasteiger partial charge on any atom is -0.481 e. The molecule has 1 aliphatic heterocycles. The van der Waals surface area contributed by atoms with E-state index in [-0.39, 0.29) is 17.9 Å². The van der Waals surface area contributed by atoms with Gasteiger partial charge in [0.1, 0.15) is 0 Å². The fraction of sp³-hybridized carbons (Fsp3) is 0.857. The molecule has 1 amide bonds. The molecule has 0 bridgehead atoms. The Bertz CT molecular complexity index is 349. The Morgan fingerprint density at radius 1 is 1.16 bits per heavy atom. The maximum atomic E-state index is 12.5. The van der Waals surface area contributed by atoms with Gasteiger partial charge in [-0.1, -0.05) is 6.92 Å². The molecule has 108 valence electrons. The van der Waals surface area contributed by atoms with Gasteiger partial charge in [0.15, 0.2) is 0 Å². The molecule has 0 aromatic rings. The number of carboxylic acids is 1. The molecule has 0 radical (unpaired) electrons. The summed E-state index contributed by atoms with van der Waals surface area (Å²) in [5.41, 5.74) is 0. The summed E-state index contributed by atoms with van der Waals surface area (Å²) in [5.74, 6) is -1.29. The lowest BCUT2D eigenvalue weighted by atomic mass is 9.93. The molecule has 2 fully saturated rings. The van der Waals surface area contributed by atoms with Crippen LogP contribution < -0.4 is 0 Å². The number of amides is 1. The standard InChI is InChI=1S/C14H23NO4/c1-9-7-11(12(8-9)14(17)18)13(16)15-5-3-10(19-2)4-6-15/h9-12H,3-8H2,1-2H3,(H,17,18). The zero-order valence-electron chi connectivity index (χ0n) is 11.7. The molecule has 1 aliphatic carbocycles. The van der Waals surface area contributed by atoms with Crippen LogP contribution in [0.5, 0.6) is 0 Å². The molecular formula is C14H23NO4. The van der Waals surface area contributed by atoms with Crippen molar-refractivity contribution in [1.82, 2.24) is 4.90 Å². The number of carboxylic acid groups (broad SMARTS) is 1. The predicted octanol–water partition coefficient (Wildman–Crippen LogP) is 1.37. The van der Waals surface area contributed by atoms with Gasteiger partial charge >= 0.3 is 5.97 Å². The summed E-state index contributed by atoms with van der Waals surface area (Å²) in [6, 6.07) is 0. The summed E-state index contributed by atoms with van der Waals surface area (Å²) in [6.45, 7) is 3.41. The fourth-order valence-electron chi connectivity index (χ4n) is 3.38. The lowest BCUT2D eigenvalue weighted by Gasteiger charge is -2.33. The van der Waals surface area contributed by atoms with E-state index in [2.05, 4.69) is 0 Å². The first kappa shape index (κ1) is 14.3. The van der Waals surface area contributed by atoms with Crippen molar-refractivity contribution in [2.45, 2.75) is 38.7 Å². The van der Waals surface area contributed by atoms with E-state index in [1.807, 2.05) is 11.8 Å². The molecule has 1 heterocycles. The Morgan fingerprint density at radius 2 is 1.74 bits per heavy atom. The number of nitrogens with zero attached hydrogens (tertiary/aromatic N) is 1. The average molecular weight is 269 g/mol. The molecule has 2 rings (SSSR count). The monoisotopic (exact) mass is 269 g/mol. The zero-order valence-corrected chi connectivity index (χ0v) is 11.7. The van der Waals surface area contributed by atoms with Gasteiger partial charge in [-0.3, -0.25) is 9.59 Å². The fourth-order valence-corrected chi connectivity index (χ4v) is 3.38. The minimum absolute atomic E-state index is 0.0336. The molecule has 0 aromatic heterocycles. The van der Waals surface area contributed by atoms with Crippen molar-refractivity contribution in [3.8, 4) is 0 Å². The SMILES string of the molecule is COC1CCN(C(=O)C2CC(C)CC2C(=O)O)CC1. The molecule has 1 N–H and O–H groups in total. The molecule has 19 heavy (non-hydrogen) atoms. The van der Waals surface area contributed by atoms with Gasteiger partial charge in [0.25, 0.3) is 0 Å². The van der Waals surface area contributed by atoms with Crippen LogP contribution in [0.3, 0.4) is 0 Å². The van der Waals surface area contributed by atoms with Crippen molar-refractivity contribution in [3.05, 3.63) is 0 Å². The molecule has 3 unspecified atom stereocenters. The Kier molecular flexibility index (Phi) is 4.45. The van der Waals surface area contributed by atoms with E-state index in [9.17, 15) is 14.7 Å². The van der Waals surface area contributed by atoms with Gasteiger partial charge in [-0.15, -0.1) is 0 Å². The lowest BCUT2D eigenvalue weighted by Crippen LogP contribution is -2.45. The van der Waals surface area contributed by atoms with Crippen LogP contribution in [-0.2, 0) is 14.3 Å². The quantitative estimate of drug-likeness (QED) is 0.840. The van der Waals surface area contributed by atoms with Gasteiger partial charge < -0.3 is 14.7 Å². The van der Waals surface area contributed by atoms with Gasteiger partial charge in [-0.2, -0.15) is 0 Å². The van der Waals surface area contributed by atoms with Crippen molar-refractivity contribution in [1.29, 1.82) is 0 Å². The van der Waals surface area contributed by atoms with E-state index in [1.54, 1.807) is 7.11 Å². The van der Waals surface area contributed by atoms with Crippen LogP contribution in [0.15, 0.2) is 0 Å². The second-order valence-electron chi connectivity index (χ2n) is 5.89. The van der Waals surface area contributed by atoms with E-state index in [1.165, 1.54) is 0 Å². The summed E-state index contributed by atoms with van der Waals surface area (Å²) in [5, 5.41) is 9.24. The Labute approximate surface area is 113 Å². The number of carbonyl (C=O) groups excluding carboxylic acids is 1. The number of carbonyl (C=O) groups is 2. The van der Waals surface area contributed by atoms with E-state index in [4.69, 9.17) is 4.74 Å². The van der Waals surface area contributed by atoms with Crippen molar-refractivity contribution >= 4 is 11.9 Å². The van der Waals surface area contributed by atoms with Crippen LogP contribution in [0.25, 0.3) is 0 Å². The highest BCUT2D eigenvalue weighted by Crippen LogP contribution is 2.38. The summed E-state index contributed by atoms with van der Waals surface area (Å²) in [7, 11) is 1.70. The second-order valence-corrected chi connectivity index (χ2v) is 5.89. The molecule has 1 saturated carbocycles. The number of ether oxygens (including phenoxy) is 1. The Morgan fingerprint density at radius 3 is 2.26 bits per heavy atom.